The molecule has 0 radical (unpaired) electrons. The summed E-state index contributed by atoms with van der Waals surface area (Å²) in [5.41, 5.74) is 6.32. The third-order valence-corrected chi connectivity index (χ3v) is 2.92. The average molecular weight is 265 g/mol. The molecule has 2 N–H and O–H groups in total. The molecule has 0 bridgehead atoms. The predicted octanol–water partition coefficient (Wildman–Crippen LogP) is 1.66. The van der Waals surface area contributed by atoms with Gasteiger partial charge < -0.3 is 10.5 Å². The molecular weight excluding hydrogens is 249 g/mol. The molecule has 0 aliphatic heterocycles. The average Bonchev–Trinajstić information content (AvgIpc) is 2.88. The van der Waals surface area contributed by atoms with E-state index in [1.165, 1.54) is 12.1 Å². The van der Waals surface area contributed by atoms with E-state index in [9.17, 15) is 4.39 Å². The first kappa shape index (κ1) is 13.4. The van der Waals surface area contributed by atoms with Crippen LogP contribution >= 0.6 is 0 Å². The van der Waals surface area contributed by atoms with E-state index < -0.39 is 5.82 Å². The minimum atomic E-state index is -0.452. The van der Waals surface area contributed by atoms with Gasteiger partial charge in [-0.3, -0.25) is 0 Å². The highest BCUT2D eigenvalue weighted by Gasteiger charge is 2.17. The molecule has 2 rings (SSSR count). The summed E-state index contributed by atoms with van der Waals surface area (Å²) in [6, 6.07) is 4.46. The Bertz CT molecular complexity index is 557. The summed E-state index contributed by atoms with van der Waals surface area (Å²) in [4.78, 5) is 0. The van der Waals surface area contributed by atoms with Gasteiger partial charge >= 0.3 is 0 Å². The summed E-state index contributed by atoms with van der Waals surface area (Å²) in [5.74, 6) is 0.0994. The Kier molecular flexibility index (Phi) is 4.06. The topological polar surface area (TPSA) is 78.8 Å². The number of halogens is 1. The van der Waals surface area contributed by atoms with E-state index >= 15 is 0 Å². The summed E-state index contributed by atoms with van der Waals surface area (Å²) in [5, 5.41) is 11.6. The molecular formula is C12H16FN5O. The smallest absolute Gasteiger partial charge is 0.182 e. The summed E-state index contributed by atoms with van der Waals surface area (Å²) in [7, 11) is 1.63. The SMILES string of the molecule is CCC(COC)n1nnnc1-c1ccc(F)c(N)c1. The van der Waals surface area contributed by atoms with Crippen LogP contribution in [-0.2, 0) is 4.74 Å². The van der Waals surface area contributed by atoms with E-state index in [1.54, 1.807) is 17.9 Å². The highest BCUT2D eigenvalue weighted by Crippen LogP contribution is 2.24. The lowest BCUT2D eigenvalue weighted by Crippen LogP contribution is -2.16. The van der Waals surface area contributed by atoms with Crippen LogP contribution in [0.1, 0.15) is 19.4 Å². The number of hydrogen-bond acceptors (Lipinski definition) is 5. The van der Waals surface area contributed by atoms with Crippen molar-refractivity contribution in [2.45, 2.75) is 19.4 Å². The summed E-state index contributed by atoms with van der Waals surface area (Å²) in [6.45, 7) is 2.53. The Morgan fingerprint density at radius 3 is 2.89 bits per heavy atom. The molecule has 102 valence electrons. The monoisotopic (exact) mass is 265 g/mol. The molecule has 1 heterocycles. The normalized spacial score (nSPS) is 12.6. The van der Waals surface area contributed by atoms with Crippen LogP contribution in [0, 0.1) is 5.82 Å². The second kappa shape index (κ2) is 5.75. The lowest BCUT2D eigenvalue weighted by atomic mass is 10.1. The molecule has 0 amide bonds. The predicted molar refractivity (Wildman–Crippen MR) is 68.8 cm³/mol. The lowest BCUT2D eigenvalue weighted by molar-refractivity contribution is 0.147. The number of nitrogens with zero attached hydrogens (tertiary/aromatic N) is 4. The number of anilines is 1. The zero-order valence-electron chi connectivity index (χ0n) is 10.9. The zero-order valence-corrected chi connectivity index (χ0v) is 10.9. The fourth-order valence-electron chi connectivity index (χ4n) is 1.87. The number of rotatable bonds is 5. The van der Waals surface area contributed by atoms with E-state index in [2.05, 4.69) is 15.5 Å². The molecule has 7 heteroatoms. The molecule has 0 saturated carbocycles. The van der Waals surface area contributed by atoms with Gasteiger partial charge in [0.05, 0.1) is 18.3 Å². The number of ether oxygens (including phenoxy) is 1. The van der Waals surface area contributed by atoms with E-state index in [0.717, 1.165) is 6.42 Å². The molecule has 0 aliphatic rings. The van der Waals surface area contributed by atoms with Gasteiger partial charge in [-0.2, -0.15) is 0 Å². The van der Waals surface area contributed by atoms with Crippen molar-refractivity contribution in [3.05, 3.63) is 24.0 Å². The Morgan fingerprint density at radius 2 is 2.26 bits per heavy atom. The molecule has 1 aromatic carbocycles. The largest absolute Gasteiger partial charge is 0.396 e. The first-order chi connectivity index (χ1) is 9.17. The number of methoxy groups -OCH3 is 1. The van der Waals surface area contributed by atoms with Crippen LogP contribution in [0.15, 0.2) is 18.2 Å². The van der Waals surface area contributed by atoms with Crippen molar-refractivity contribution in [3.8, 4) is 11.4 Å². The summed E-state index contributed by atoms with van der Waals surface area (Å²) < 4.78 is 20.0. The Hall–Kier alpha value is -2.02. The molecule has 1 unspecified atom stereocenters. The third kappa shape index (κ3) is 2.70. The van der Waals surface area contributed by atoms with Gasteiger partial charge in [-0.05, 0) is 35.0 Å². The fraction of sp³-hybridized carbons (Fsp3) is 0.417. The van der Waals surface area contributed by atoms with Gasteiger partial charge in [0.15, 0.2) is 5.82 Å². The van der Waals surface area contributed by atoms with E-state index in [1.807, 2.05) is 6.92 Å². The maximum atomic E-state index is 13.2. The molecule has 19 heavy (non-hydrogen) atoms. The molecule has 0 fully saturated rings. The lowest BCUT2D eigenvalue weighted by Gasteiger charge is -2.15. The van der Waals surface area contributed by atoms with Crippen molar-refractivity contribution in [2.24, 2.45) is 0 Å². The Labute approximate surface area is 110 Å². The maximum absolute atomic E-state index is 13.2. The highest BCUT2D eigenvalue weighted by molar-refractivity contribution is 5.61. The van der Waals surface area contributed by atoms with Gasteiger partial charge in [0.2, 0.25) is 0 Å². The number of tetrazole rings is 1. The van der Waals surface area contributed by atoms with Crippen LogP contribution in [-0.4, -0.2) is 33.9 Å². The van der Waals surface area contributed by atoms with Crippen LogP contribution in [0.4, 0.5) is 10.1 Å². The standard InChI is InChI=1S/C12H16FN5O/c1-3-9(7-19-2)18-12(15-16-17-18)8-4-5-10(13)11(14)6-8/h4-6,9H,3,7,14H2,1-2H3. The number of benzene rings is 1. The van der Waals surface area contributed by atoms with Crippen molar-refractivity contribution in [1.29, 1.82) is 0 Å². The molecule has 0 spiro atoms. The zero-order chi connectivity index (χ0) is 13.8. The third-order valence-electron chi connectivity index (χ3n) is 2.92. The highest BCUT2D eigenvalue weighted by atomic mass is 19.1. The van der Waals surface area contributed by atoms with Gasteiger partial charge in [0.1, 0.15) is 5.82 Å². The van der Waals surface area contributed by atoms with Crippen LogP contribution < -0.4 is 5.73 Å². The van der Waals surface area contributed by atoms with Gasteiger partial charge in [0.25, 0.3) is 0 Å². The van der Waals surface area contributed by atoms with E-state index in [0.29, 0.717) is 18.0 Å². The maximum Gasteiger partial charge on any atom is 0.182 e. The van der Waals surface area contributed by atoms with Crippen molar-refractivity contribution < 1.29 is 9.13 Å². The van der Waals surface area contributed by atoms with Crippen molar-refractivity contribution >= 4 is 5.69 Å². The number of nitrogens with two attached hydrogens (primary N) is 1. The van der Waals surface area contributed by atoms with E-state index in [4.69, 9.17) is 10.5 Å². The first-order valence-corrected chi connectivity index (χ1v) is 5.99. The van der Waals surface area contributed by atoms with Gasteiger partial charge in [-0.25, -0.2) is 9.07 Å². The second-order valence-corrected chi connectivity index (χ2v) is 4.20. The Morgan fingerprint density at radius 1 is 1.47 bits per heavy atom. The number of nitrogen functional groups attached to an aromatic ring is 1. The molecule has 0 saturated heterocycles. The van der Waals surface area contributed by atoms with Crippen LogP contribution in [0.3, 0.4) is 0 Å². The number of aromatic nitrogens is 4. The van der Waals surface area contributed by atoms with Gasteiger partial charge in [-0.1, -0.05) is 6.92 Å². The minimum Gasteiger partial charge on any atom is -0.396 e. The minimum absolute atomic E-state index is 0.0290. The van der Waals surface area contributed by atoms with Crippen LogP contribution in [0.5, 0.6) is 0 Å². The van der Waals surface area contributed by atoms with E-state index in [-0.39, 0.29) is 11.7 Å². The molecule has 1 atom stereocenters. The van der Waals surface area contributed by atoms with Crippen molar-refractivity contribution in [3.63, 3.8) is 0 Å². The van der Waals surface area contributed by atoms with Crippen LogP contribution in [0.25, 0.3) is 11.4 Å². The van der Waals surface area contributed by atoms with Crippen molar-refractivity contribution in [2.75, 3.05) is 19.5 Å². The fourth-order valence-corrected chi connectivity index (χ4v) is 1.87. The van der Waals surface area contributed by atoms with Gasteiger partial charge in [-0.15, -0.1) is 5.10 Å². The quantitative estimate of drug-likeness (QED) is 0.832. The van der Waals surface area contributed by atoms with Gasteiger partial charge in [0, 0.05) is 12.7 Å². The molecule has 1 aromatic heterocycles. The summed E-state index contributed by atoms with van der Waals surface area (Å²) >= 11 is 0. The molecule has 0 aliphatic carbocycles. The first-order valence-electron chi connectivity index (χ1n) is 5.99. The van der Waals surface area contributed by atoms with Crippen molar-refractivity contribution in [1.82, 2.24) is 20.2 Å². The Balaban J connectivity index is 2.40. The number of hydrogen-bond donors (Lipinski definition) is 1. The van der Waals surface area contributed by atoms with Crippen LogP contribution in [0.2, 0.25) is 0 Å². The second-order valence-electron chi connectivity index (χ2n) is 4.20. The molecule has 2 aromatic rings. The summed E-state index contributed by atoms with van der Waals surface area (Å²) in [6.07, 6.45) is 0.822. The molecule has 6 nitrogen and oxygen atoms in total.